The van der Waals surface area contributed by atoms with Crippen LogP contribution in [0.2, 0.25) is 0 Å². The Morgan fingerprint density at radius 2 is 0.820 bits per heavy atom. The normalized spacial score (nSPS) is 12.0. The first kappa shape index (κ1) is 28.1. The first-order valence-electron chi connectivity index (χ1n) is 17.1. The molecule has 0 nitrogen and oxygen atoms in total. The molecule has 9 aromatic carbocycles. The zero-order chi connectivity index (χ0) is 32.8. The molecule has 2 aromatic heterocycles. The average Bonchev–Trinajstić information content (AvgIpc) is 3.75. The van der Waals surface area contributed by atoms with Crippen LogP contribution in [0.5, 0.6) is 0 Å². The van der Waals surface area contributed by atoms with E-state index in [1.807, 2.05) is 22.7 Å². The van der Waals surface area contributed by atoms with Crippen LogP contribution >= 0.6 is 22.7 Å². The SMILES string of the molecule is c1ccc(-c2c3ccccc3c(-c3ccc(-c4ccc5sc6c(ccc7sc8ccccc8c76)c5c4)c4ccccc34)c3ccccc23)cc1. The van der Waals surface area contributed by atoms with Gasteiger partial charge in [0.25, 0.3) is 0 Å². The van der Waals surface area contributed by atoms with E-state index in [-0.39, 0.29) is 0 Å². The summed E-state index contributed by atoms with van der Waals surface area (Å²) in [5.74, 6) is 0. The predicted octanol–water partition coefficient (Wildman–Crippen LogP) is 14.9. The monoisotopic (exact) mass is 668 g/mol. The van der Waals surface area contributed by atoms with Crippen molar-refractivity contribution in [3.05, 3.63) is 170 Å². The standard InChI is InChI=1S/C48H28S2/c1-2-12-29(13-3-1)45-34-16-6-8-18-36(34)46(37-19-9-7-17-35(37)45)38-24-23-31(32-14-4-5-15-33(32)38)30-22-26-43-41(28-30)39-25-27-44-47(48(39)50-43)40-20-10-11-21-42(40)49-44/h1-28H. The summed E-state index contributed by atoms with van der Waals surface area (Å²) in [4.78, 5) is 0. The first-order valence-corrected chi connectivity index (χ1v) is 18.7. The fourth-order valence-electron chi connectivity index (χ4n) is 8.31. The molecule has 0 unspecified atom stereocenters. The van der Waals surface area contributed by atoms with Crippen LogP contribution in [0.3, 0.4) is 0 Å². The molecule has 0 saturated heterocycles. The highest BCUT2D eigenvalue weighted by molar-refractivity contribution is 7.29. The molecule has 0 bridgehead atoms. The van der Waals surface area contributed by atoms with Crippen LogP contribution in [0.15, 0.2) is 170 Å². The molecule has 50 heavy (non-hydrogen) atoms. The second-order valence-corrected chi connectivity index (χ2v) is 15.3. The van der Waals surface area contributed by atoms with E-state index in [0.29, 0.717) is 0 Å². The Bertz CT molecular complexity index is 3080. The third kappa shape index (κ3) is 4.04. The van der Waals surface area contributed by atoms with Crippen molar-refractivity contribution in [3.63, 3.8) is 0 Å². The van der Waals surface area contributed by atoms with Crippen LogP contribution in [0.1, 0.15) is 0 Å². The lowest BCUT2D eigenvalue weighted by Crippen LogP contribution is -1.92. The lowest BCUT2D eigenvalue weighted by Gasteiger charge is -2.19. The van der Waals surface area contributed by atoms with Gasteiger partial charge in [-0.2, -0.15) is 0 Å². The molecule has 0 saturated carbocycles. The van der Waals surface area contributed by atoms with Crippen LogP contribution in [-0.4, -0.2) is 0 Å². The van der Waals surface area contributed by atoms with E-state index in [4.69, 9.17) is 0 Å². The fourth-order valence-corrected chi connectivity index (χ4v) is 10.7. The molecule has 11 rings (SSSR count). The topological polar surface area (TPSA) is 0 Å². The Balaban J connectivity index is 1.15. The van der Waals surface area contributed by atoms with Gasteiger partial charge in [0, 0.05) is 40.3 Å². The van der Waals surface area contributed by atoms with Crippen molar-refractivity contribution in [1.82, 2.24) is 0 Å². The molecule has 0 amide bonds. The van der Waals surface area contributed by atoms with Gasteiger partial charge in [0.05, 0.1) is 0 Å². The number of hydrogen-bond acceptors (Lipinski definition) is 2. The maximum absolute atomic E-state index is 2.43. The largest absolute Gasteiger partial charge is 0.135 e. The van der Waals surface area contributed by atoms with E-state index >= 15 is 0 Å². The van der Waals surface area contributed by atoms with E-state index in [1.54, 1.807) is 0 Å². The number of benzene rings is 9. The van der Waals surface area contributed by atoms with E-state index in [1.165, 1.54) is 106 Å². The summed E-state index contributed by atoms with van der Waals surface area (Å²) >= 11 is 3.82. The Morgan fingerprint density at radius 3 is 1.54 bits per heavy atom. The summed E-state index contributed by atoms with van der Waals surface area (Å²) in [6.45, 7) is 0. The summed E-state index contributed by atoms with van der Waals surface area (Å²) in [6, 6.07) is 63.0. The summed E-state index contributed by atoms with van der Waals surface area (Å²) in [6.07, 6.45) is 0. The lowest BCUT2D eigenvalue weighted by atomic mass is 9.84. The predicted molar refractivity (Wildman–Crippen MR) is 221 cm³/mol. The number of hydrogen-bond donors (Lipinski definition) is 0. The Labute approximate surface area is 297 Å². The molecule has 0 atom stereocenters. The van der Waals surface area contributed by atoms with Gasteiger partial charge >= 0.3 is 0 Å². The second-order valence-electron chi connectivity index (χ2n) is 13.1. The minimum Gasteiger partial charge on any atom is -0.135 e. The minimum atomic E-state index is 1.25. The summed E-state index contributed by atoms with van der Waals surface area (Å²) in [5.41, 5.74) is 7.63. The first-order chi connectivity index (χ1) is 24.8. The van der Waals surface area contributed by atoms with Gasteiger partial charge in [-0.15, -0.1) is 22.7 Å². The molecular weight excluding hydrogens is 641 g/mol. The Morgan fingerprint density at radius 1 is 0.280 bits per heavy atom. The van der Waals surface area contributed by atoms with Crippen molar-refractivity contribution in [2.45, 2.75) is 0 Å². The smallest absolute Gasteiger partial charge is 0.0448 e. The van der Waals surface area contributed by atoms with Crippen molar-refractivity contribution in [2.75, 3.05) is 0 Å². The van der Waals surface area contributed by atoms with Crippen molar-refractivity contribution < 1.29 is 0 Å². The van der Waals surface area contributed by atoms with Crippen molar-refractivity contribution in [1.29, 1.82) is 0 Å². The van der Waals surface area contributed by atoms with Crippen LogP contribution in [0, 0.1) is 0 Å². The van der Waals surface area contributed by atoms with Gasteiger partial charge in [-0.05, 0) is 90.0 Å². The van der Waals surface area contributed by atoms with Gasteiger partial charge in [0.2, 0.25) is 0 Å². The van der Waals surface area contributed by atoms with Crippen LogP contribution in [0.4, 0.5) is 0 Å². The minimum absolute atomic E-state index is 1.25. The number of rotatable bonds is 3. The third-order valence-electron chi connectivity index (χ3n) is 10.5. The van der Waals surface area contributed by atoms with E-state index in [2.05, 4.69) is 170 Å². The molecule has 2 heterocycles. The van der Waals surface area contributed by atoms with Crippen molar-refractivity contribution in [2.24, 2.45) is 0 Å². The zero-order valence-electron chi connectivity index (χ0n) is 27.0. The molecule has 0 spiro atoms. The van der Waals surface area contributed by atoms with Gasteiger partial charge < -0.3 is 0 Å². The highest BCUT2D eigenvalue weighted by Gasteiger charge is 2.19. The zero-order valence-corrected chi connectivity index (χ0v) is 28.6. The summed E-state index contributed by atoms with van der Waals surface area (Å²) in [7, 11) is 0. The Hall–Kier alpha value is -5.80. The van der Waals surface area contributed by atoms with Crippen LogP contribution in [-0.2, 0) is 0 Å². The van der Waals surface area contributed by atoms with E-state index < -0.39 is 0 Å². The fraction of sp³-hybridized carbons (Fsp3) is 0. The van der Waals surface area contributed by atoms with Crippen LogP contribution in [0.25, 0.3) is 106 Å². The highest BCUT2D eigenvalue weighted by atomic mass is 32.1. The van der Waals surface area contributed by atoms with Gasteiger partial charge in [0.15, 0.2) is 0 Å². The molecule has 0 aliphatic carbocycles. The lowest BCUT2D eigenvalue weighted by molar-refractivity contribution is 1.66. The van der Waals surface area contributed by atoms with Gasteiger partial charge in [-0.25, -0.2) is 0 Å². The molecule has 11 aromatic rings. The van der Waals surface area contributed by atoms with Gasteiger partial charge in [-0.3, -0.25) is 0 Å². The van der Waals surface area contributed by atoms with Crippen molar-refractivity contribution in [3.8, 4) is 33.4 Å². The molecule has 0 fully saturated rings. The van der Waals surface area contributed by atoms with Gasteiger partial charge in [0.1, 0.15) is 0 Å². The third-order valence-corrected chi connectivity index (χ3v) is 12.8. The van der Waals surface area contributed by atoms with Gasteiger partial charge in [-0.1, -0.05) is 146 Å². The van der Waals surface area contributed by atoms with E-state index in [0.717, 1.165) is 0 Å². The summed E-state index contributed by atoms with van der Waals surface area (Å²) in [5, 5.41) is 13.1. The van der Waals surface area contributed by atoms with E-state index in [9.17, 15) is 0 Å². The maximum atomic E-state index is 2.43. The highest BCUT2D eigenvalue weighted by Crippen LogP contribution is 2.48. The maximum Gasteiger partial charge on any atom is 0.0448 e. The van der Waals surface area contributed by atoms with Crippen LogP contribution < -0.4 is 0 Å². The molecule has 0 radical (unpaired) electrons. The molecule has 0 aliphatic rings. The average molecular weight is 669 g/mol. The second kappa shape index (κ2) is 10.9. The molecule has 0 aliphatic heterocycles. The molecular formula is C48H28S2. The number of fused-ring (bicyclic) bond motifs is 10. The number of thiophene rings is 2. The summed E-state index contributed by atoms with van der Waals surface area (Å²) < 4.78 is 5.45. The quantitative estimate of drug-likeness (QED) is 0.164. The molecule has 2 heteroatoms. The molecule has 232 valence electrons. The molecule has 0 N–H and O–H groups in total. The Kier molecular flexibility index (Phi) is 6.09. The van der Waals surface area contributed by atoms with Crippen molar-refractivity contribution >= 4 is 95.3 Å².